The maximum absolute atomic E-state index is 6.01. The molecule has 0 bridgehead atoms. The maximum Gasteiger partial charge on any atom is 0.147 e. The van der Waals surface area contributed by atoms with E-state index in [1.807, 2.05) is 6.33 Å². The van der Waals surface area contributed by atoms with Gasteiger partial charge in [0.25, 0.3) is 0 Å². The van der Waals surface area contributed by atoms with E-state index in [1.54, 1.807) is 0 Å². The highest BCUT2D eigenvalue weighted by atomic mass is 16.5. The van der Waals surface area contributed by atoms with Crippen molar-refractivity contribution in [1.29, 1.82) is 0 Å². The van der Waals surface area contributed by atoms with E-state index >= 15 is 0 Å². The van der Waals surface area contributed by atoms with Gasteiger partial charge in [-0.2, -0.15) is 0 Å². The van der Waals surface area contributed by atoms with Gasteiger partial charge >= 0.3 is 0 Å². The highest BCUT2D eigenvalue weighted by Gasteiger charge is 2.34. The average molecular weight is 251 g/mol. The molecule has 0 saturated carbocycles. The van der Waals surface area contributed by atoms with Gasteiger partial charge in [-0.1, -0.05) is 0 Å². The second-order valence-corrected chi connectivity index (χ2v) is 5.47. The van der Waals surface area contributed by atoms with Gasteiger partial charge in [0.1, 0.15) is 12.2 Å². The Bertz CT molecular complexity index is 399. The van der Waals surface area contributed by atoms with Crippen LogP contribution in [0, 0.1) is 5.41 Å². The molecule has 100 valence electrons. The summed E-state index contributed by atoms with van der Waals surface area (Å²) in [5, 5.41) is 8.13. The fourth-order valence-corrected chi connectivity index (χ4v) is 2.96. The lowest BCUT2D eigenvalue weighted by Crippen LogP contribution is -2.48. The van der Waals surface area contributed by atoms with Crippen LogP contribution in [0.4, 0.5) is 0 Å². The van der Waals surface area contributed by atoms with Gasteiger partial charge in [0.15, 0.2) is 0 Å². The summed E-state index contributed by atoms with van der Waals surface area (Å²) < 4.78 is 7.59. The highest BCUT2D eigenvalue weighted by molar-refractivity contribution is 4.93. The van der Waals surface area contributed by atoms with Crippen LogP contribution < -0.4 is 5.73 Å². The standard InChI is InChI=1S/C12H21N5O/c13-8-12(1-5-18-6-2-12)9-16-3-4-17-10-14-15-11(17)7-16/h10H,1-9,13H2. The molecule has 0 aromatic carbocycles. The SMILES string of the molecule is NCC1(CN2CCn3cnnc3C2)CCOCC1. The topological polar surface area (TPSA) is 69.2 Å². The molecule has 18 heavy (non-hydrogen) atoms. The van der Waals surface area contributed by atoms with Crippen LogP contribution in [0.2, 0.25) is 0 Å². The molecule has 3 rings (SSSR count). The van der Waals surface area contributed by atoms with Crippen LogP contribution in [0.3, 0.4) is 0 Å². The Hall–Kier alpha value is -0.980. The third-order valence-corrected chi connectivity index (χ3v) is 4.26. The smallest absolute Gasteiger partial charge is 0.147 e. The summed E-state index contributed by atoms with van der Waals surface area (Å²) in [5.74, 6) is 1.07. The number of aromatic nitrogens is 3. The fraction of sp³-hybridized carbons (Fsp3) is 0.833. The van der Waals surface area contributed by atoms with Crippen molar-refractivity contribution in [3.63, 3.8) is 0 Å². The van der Waals surface area contributed by atoms with Gasteiger partial charge in [0.2, 0.25) is 0 Å². The fourth-order valence-electron chi connectivity index (χ4n) is 2.96. The predicted octanol–water partition coefficient (Wildman–Crippen LogP) is -0.151. The van der Waals surface area contributed by atoms with Crippen molar-refractivity contribution in [3.8, 4) is 0 Å². The molecule has 2 N–H and O–H groups in total. The average Bonchev–Trinajstić information content (AvgIpc) is 2.87. The summed E-state index contributed by atoms with van der Waals surface area (Å²) in [4.78, 5) is 2.46. The number of rotatable bonds is 3. The minimum Gasteiger partial charge on any atom is -0.381 e. The zero-order valence-electron chi connectivity index (χ0n) is 10.7. The first-order valence-corrected chi connectivity index (χ1v) is 6.68. The predicted molar refractivity (Wildman–Crippen MR) is 66.8 cm³/mol. The summed E-state index contributed by atoms with van der Waals surface area (Å²) >= 11 is 0. The molecule has 1 aromatic heterocycles. The van der Waals surface area contributed by atoms with Gasteiger partial charge in [-0.15, -0.1) is 10.2 Å². The third-order valence-electron chi connectivity index (χ3n) is 4.26. The lowest BCUT2D eigenvalue weighted by molar-refractivity contribution is -0.00463. The molecule has 6 heteroatoms. The third kappa shape index (κ3) is 2.28. The Kier molecular flexibility index (Phi) is 3.32. The summed E-state index contributed by atoms with van der Waals surface area (Å²) in [6.07, 6.45) is 3.97. The molecule has 6 nitrogen and oxygen atoms in total. The minimum absolute atomic E-state index is 0.237. The maximum atomic E-state index is 6.01. The van der Waals surface area contributed by atoms with Crippen LogP contribution in [-0.2, 0) is 17.8 Å². The summed E-state index contributed by atoms with van der Waals surface area (Å²) in [7, 11) is 0. The van der Waals surface area contributed by atoms with Crippen LogP contribution in [0.15, 0.2) is 6.33 Å². The van der Waals surface area contributed by atoms with Crippen molar-refractivity contribution in [3.05, 3.63) is 12.2 Å². The van der Waals surface area contributed by atoms with Crippen molar-refractivity contribution < 1.29 is 4.74 Å². The summed E-state index contributed by atoms with van der Waals surface area (Å²) in [5.41, 5.74) is 6.25. The number of ether oxygens (including phenoxy) is 1. The van der Waals surface area contributed by atoms with E-state index in [4.69, 9.17) is 10.5 Å². The zero-order chi connectivity index (χ0) is 12.4. The van der Waals surface area contributed by atoms with Crippen molar-refractivity contribution in [2.45, 2.75) is 25.9 Å². The zero-order valence-corrected chi connectivity index (χ0v) is 10.7. The Morgan fingerprint density at radius 1 is 1.33 bits per heavy atom. The van der Waals surface area contributed by atoms with Gasteiger partial charge in [0.05, 0.1) is 6.54 Å². The first kappa shape index (κ1) is 12.1. The molecule has 0 aliphatic carbocycles. The Morgan fingerprint density at radius 2 is 2.17 bits per heavy atom. The van der Waals surface area contributed by atoms with Crippen LogP contribution in [0.1, 0.15) is 18.7 Å². The molecular formula is C12H21N5O. The van der Waals surface area contributed by atoms with E-state index in [0.717, 1.165) is 64.6 Å². The second-order valence-electron chi connectivity index (χ2n) is 5.47. The number of nitrogens with zero attached hydrogens (tertiary/aromatic N) is 4. The quantitative estimate of drug-likeness (QED) is 0.809. The highest BCUT2D eigenvalue weighted by Crippen LogP contribution is 2.31. The molecule has 2 aliphatic rings. The number of hydrogen-bond donors (Lipinski definition) is 1. The van der Waals surface area contributed by atoms with E-state index in [-0.39, 0.29) is 5.41 Å². The first-order chi connectivity index (χ1) is 8.81. The van der Waals surface area contributed by atoms with Gasteiger partial charge in [-0.25, -0.2) is 0 Å². The molecule has 0 amide bonds. The van der Waals surface area contributed by atoms with E-state index in [9.17, 15) is 0 Å². The molecular weight excluding hydrogens is 230 g/mol. The minimum atomic E-state index is 0.237. The molecule has 0 unspecified atom stereocenters. The lowest BCUT2D eigenvalue weighted by atomic mass is 9.79. The first-order valence-electron chi connectivity index (χ1n) is 6.68. The largest absolute Gasteiger partial charge is 0.381 e. The monoisotopic (exact) mass is 251 g/mol. The van der Waals surface area contributed by atoms with Crippen LogP contribution in [0.25, 0.3) is 0 Å². The second kappa shape index (κ2) is 4.95. The Labute approximate surface area is 107 Å². The summed E-state index contributed by atoms with van der Waals surface area (Å²) in [6.45, 7) is 6.44. The van der Waals surface area contributed by atoms with E-state index in [1.165, 1.54) is 0 Å². The van der Waals surface area contributed by atoms with Crippen molar-refractivity contribution in [2.24, 2.45) is 11.1 Å². The molecule has 1 aromatic rings. The van der Waals surface area contributed by atoms with E-state index in [2.05, 4.69) is 19.7 Å². The molecule has 0 spiro atoms. The number of nitrogens with two attached hydrogens (primary N) is 1. The van der Waals surface area contributed by atoms with Gasteiger partial charge in [-0.05, 0) is 24.8 Å². The molecule has 1 saturated heterocycles. The Morgan fingerprint density at radius 3 is 2.94 bits per heavy atom. The van der Waals surface area contributed by atoms with Crippen molar-refractivity contribution >= 4 is 0 Å². The molecule has 2 aliphatic heterocycles. The molecule has 0 atom stereocenters. The van der Waals surface area contributed by atoms with Gasteiger partial charge in [-0.3, -0.25) is 4.90 Å². The van der Waals surface area contributed by atoms with Gasteiger partial charge < -0.3 is 15.0 Å². The molecule has 0 radical (unpaired) electrons. The van der Waals surface area contributed by atoms with Crippen LogP contribution >= 0.6 is 0 Å². The van der Waals surface area contributed by atoms with E-state index < -0.39 is 0 Å². The van der Waals surface area contributed by atoms with Crippen molar-refractivity contribution in [2.75, 3.05) is 32.8 Å². The number of fused-ring (bicyclic) bond motifs is 1. The van der Waals surface area contributed by atoms with Crippen LogP contribution in [0.5, 0.6) is 0 Å². The van der Waals surface area contributed by atoms with E-state index in [0.29, 0.717) is 0 Å². The number of hydrogen-bond acceptors (Lipinski definition) is 5. The normalized spacial score (nSPS) is 23.8. The molecule has 1 fully saturated rings. The van der Waals surface area contributed by atoms with Gasteiger partial charge in [0, 0.05) is 32.8 Å². The summed E-state index contributed by atoms with van der Waals surface area (Å²) in [6, 6.07) is 0. The van der Waals surface area contributed by atoms with Crippen LogP contribution in [-0.4, -0.2) is 52.5 Å². The Balaban J connectivity index is 1.66. The lowest BCUT2D eigenvalue weighted by Gasteiger charge is -2.41. The van der Waals surface area contributed by atoms with Crippen molar-refractivity contribution in [1.82, 2.24) is 19.7 Å². The molecule has 3 heterocycles.